The Morgan fingerprint density at radius 3 is 2.15 bits per heavy atom. The maximum absolute atomic E-state index is 13.3. The number of nitrogens with one attached hydrogen (secondary N) is 3. The maximum Gasteiger partial charge on any atom is 0.268 e. The summed E-state index contributed by atoms with van der Waals surface area (Å²) in [6.45, 7) is 1.89. The summed E-state index contributed by atoms with van der Waals surface area (Å²) >= 11 is 0. The fourth-order valence-corrected chi connectivity index (χ4v) is 3.63. The lowest BCUT2D eigenvalue weighted by Crippen LogP contribution is -2.51. The van der Waals surface area contributed by atoms with Crippen molar-refractivity contribution in [3.05, 3.63) is 101 Å². The minimum absolute atomic E-state index is 0.139. The van der Waals surface area contributed by atoms with Gasteiger partial charge in [-0.05, 0) is 80.2 Å². The summed E-state index contributed by atoms with van der Waals surface area (Å²) in [6, 6.07) is 18.3. The number of benzene rings is 3. The Labute approximate surface area is 225 Å². The van der Waals surface area contributed by atoms with E-state index < -0.39 is 24.0 Å². The van der Waals surface area contributed by atoms with Crippen molar-refractivity contribution in [2.45, 2.75) is 25.6 Å². The van der Waals surface area contributed by atoms with Gasteiger partial charge in [0.2, 0.25) is 5.91 Å². The number of hydroxylamine groups is 1. The van der Waals surface area contributed by atoms with Gasteiger partial charge in [-0.1, -0.05) is 24.0 Å². The van der Waals surface area contributed by atoms with Crippen molar-refractivity contribution in [1.29, 1.82) is 0 Å². The molecule has 2 unspecified atom stereocenters. The van der Waals surface area contributed by atoms with Crippen molar-refractivity contribution in [3.63, 3.8) is 0 Å². The quantitative estimate of drug-likeness (QED) is 0.163. The molecule has 0 spiro atoms. The Hall–Kier alpha value is -4.56. The van der Waals surface area contributed by atoms with Gasteiger partial charge in [-0.2, -0.15) is 0 Å². The summed E-state index contributed by atoms with van der Waals surface area (Å²) in [5, 5.41) is 23.6. The van der Waals surface area contributed by atoms with Crippen molar-refractivity contribution < 1.29 is 29.1 Å². The van der Waals surface area contributed by atoms with Crippen LogP contribution in [-0.2, 0) is 16.1 Å². The van der Waals surface area contributed by atoms with E-state index in [0.29, 0.717) is 23.4 Å². The molecule has 0 aliphatic rings. The summed E-state index contributed by atoms with van der Waals surface area (Å²) in [6.07, 6.45) is -1.21. The smallest absolute Gasteiger partial charge is 0.268 e. The molecule has 0 radical (unpaired) electrons. The molecule has 0 bridgehead atoms. The average molecular weight is 533 g/mol. The number of likely N-dealkylation sites (N-methyl/N-ethyl adjacent to an activating group) is 1. The van der Waals surface area contributed by atoms with Crippen LogP contribution in [0.5, 0.6) is 0 Å². The fraction of sp³-hybridized carbons (Fsp3) is 0.207. The van der Waals surface area contributed by atoms with Gasteiger partial charge in [0.15, 0.2) is 0 Å². The van der Waals surface area contributed by atoms with Crippen LogP contribution in [0.1, 0.15) is 34.0 Å². The summed E-state index contributed by atoms with van der Waals surface area (Å²) in [7, 11) is 1.78. The van der Waals surface area contributed by atoms with Crippen molar-refractivity contribution in [2.75, 3.05) is 18.9 Å². The third-order valence-corrected chi connectivity index (χ3v) is 5.58. The van der Waals surface area contributed by atoms with E-state index in [9.17, 15) is 23.9 Å². The van der Waals surface area contributed by atoms with E-state index in [1.165, 1.54) is 36.7 Å². The first-order valence-electron chi connectivity index (χ1n) is 12.0. The second-order valence-electron chi connectivity index (χ2n) is 8.92. The lowest BCUT2D eigenvalue weighted by Gasteiger charge is -2.19. The monoisotopic (exact) mass is 532 g/mol. The fourth-order valence-electron chi connectivity index (χ4n) is 3.63. The van der Waals surface area contributed by atoms with Crippen LogP contribution in [0.25, 0.3) is 0 Å². The Kier molecular flexibility index (Phi) is 10.3. The third-order valence-electron chi connectivity index (χ3n) is 5.58. The highest BCUT2D eigenvalue weighted by Gasteiger charge is 2.25. The number of halogens is 1. The number of nitrogens with zero attached hydrogens (tertiary/aromatic N) is 1. The van der Waals surface area contributed by atoms with Gasteiger partial charge in [-0.15, -0.1) is 0 Å². The molecule has 10 heteroatoms. The molecule has 0 aliphatic carbocycles. The van der Waals surface area contributed by atoms with Gasteiger partial charge < -0.3 is 15.7 Å². The first-order chi connectivity index (χ1) is 18.6. The molecule has 39 heavy (non-hydrogen) atoms. The van der Waals surface area contributed by atoms with Crippen molar-refractivity contribution >= 4 is 23.4 Å². The lowest BCUT2D eigenvalue weighted by atomic mass is 10.1. The highest BCUT2D eigenvalue weighted by atomic mass is 19.1. The zero-order valence-electron chi connectivity index (χ0n) is 21.4. The zero-order chi connectivity index (χ0) is 28.4. The molecular weight excluding hydrogens is 503 g/mol. The van der Waals surface area contributed by atoms with Gasteiger partial charge in [-0.25, -0.2) is 9.87 Å². The number of anilines is 1. The molecular formula is C29H29FN4O5. The second kappa shape index (κ2) is 13.8. The second-order valence-corrected chi connectivity index (χ2v) is 8.92. The van der Waals surface area contributed by atoms with Crippen molar-refractivity contribution in [1.82, 2.24) is 15.7 Å². The summed E-state index contributed by atoms with van der Waals surface area (Å²) in [5.41, 5.74) is 4.41. The molecule has 0 fully saturated rings. The molecule has 3 aromatic rings. The molecule has 0 aliphatic heterocycles. The number of aliphatic hydroxyl groups is 1. The molecule has 0 aromatic heterocycles. The molecule has 0 saturated carbocycles. The van der Waals surface area contributed by atoms with E-state index in [0.717, 1.165) is 5.56 Å². The molecule has 202 valence electrons. The van der Waals surface area contributed by atoms with Crippen LogP contribution in [0.15, 0.2) is 72.8 Å². The number of hydrogen-bond donors (Lipinski definition) is 5. The van der Waals surface area contributed by atoms with Crippen LogP contribution in [0.2, 0.25) is 0 Å². The predicted molar refractivity (Wildman–Crippen MR) is 143 cm³/mol. The van der Waals surface area contributed by atoms with E-state index in [2.05, 4.69) is 22.5 Å². The van der Waals surface area contributed by atoms with E-state index in [1.807, 2.05) is 0 Å². The van der Waals surface area contributed by atoms with Crippen LogP contribution in [-0.4, -0.2) is 58.7 Å². The molecule has 9 nitrogen and oxygen atoms in total. The van der Waals surface area contributed by atoms with Crippen LogP contribution >= 0.6 is 0 Å². The number of aliphatic hydroxyl groups excluding tert-OH is 1. The standard InChI is InChI=1S/C29H29FN4O5/c1-19(35)27(29(38)33-39)32-28(37)23-12-8-20(9-13-23)6-7-21-10-14-25(15-11-21)31-26(36)18-34(2)17-22-4-3-5-24(30)16-22/h3-5,8-16,19,27,35,39H,17-18H2,1-2H3,(H,31,36)(H,32,37)(H,33,38). The Morgan fingerprint density at radius 2 is 1.59 bits per heavy atom. The van der Waals surface area contributed by atoms with Crippen molar-refractivity contribution in [2.24, 2.45) is 0 Å². The highest BCUT2D eigenvalue weighted by Crippen LogP contribution is 2.11. The molecule has 3 aromatic carbocycles. The number of carbonyl (C=O) groups is 3. The third kappa shape index (κ3) is 9.05. The minimum Gasteiger partial charge on any atom is -0.391 e. The first-order valence-corrected chi connectivity index (χ1v) is 12.0. The van der Waals surface area contributed by atoms with Crippen LogP contribution in [0, 0.1) is 17.7 Å². The average Bonchev–Trinajstić information content (AvgIpc) is 2.90. The SMILES string of the molecule is CC(O)C(NC(=O)c1ccc(C#Cc2ccc(NC(=O)CN(C)Cc3cccc(F)c3)cc2)cc1)C(=O)NO. The van der Waals surface area contributed by atoms with Gasteiger partial charge in [0, 0.05) is 28.9 Å². The number of hydrogen-bond acceptors (Lipinski definition) is 6. The minimum atomic E-state index is -1.31. The maximum atomic E-state index is 13.3. The lowest BCUT2D eigenvalue weighted by molar-refractivity contribution is -0.133. The summed E-state index contributed by atoms with van der Waals surface area (Å²) in [4.78, 5) is 38.1. The van der Waals surface area contributed by atoms with E-state index in [4.69, 9.17) is 5.21 Å². The predicted octanol–water partition coefficient (Wildman–Crippen LogP) is 2.28. The van der Waals surface area contributed by atoms with Gasteiger partial charge in [0.1, 0.15) is 11.9 Å². The normalized spacial score (nSPS) is 12.1. The largest absolute Gasteiger partial charge is 0.391 e. The Morgan fingerprint density at radius 1 is 0.974 bits per heavy atom. The topological polar surface area (TPSA) is 131 Å². The van der Waals surface area contributed by atoms with Crippen LogP contribution in [0.4, 0.5) is 10.1 Å². The van der Waals surface area contributed by atoms with Gasteiger partial charge in [0.25, 0.3) is 11.8 Å². The number of carbonyl (C=O) groups excluding carboxylic acids is 3. The molecule has 5 N–H and O–H groups in total. The van der Waals surface area contributed by atoms with E-state index in [1.54, 1.807) is 60.5 Å². The zero-order valence-corrected chi connectivity index (χ0v) is 21.4. The molecule has 3 rings (SSSR count). The summed E-state index contributed by atoms with van der Waals surface area (Å²) < 4.78 is 13.3. The molecule has 3 amide bonds. The Bertz CT molecular complexity index is 1360. The molecule has 0 heterocycles. The van der Waals surface area contributed by atoms with Crippen LogP contribution < -0.4 is 16.1 Å². The van der Waals surface area contributed by atoms with Gasteiger partial charge >= 0.3 is 0 Å². The molecule has 2 atom stereocenters. The Balaban J connectivity index is 1.53. The van der Waals surface area contributed by atoms with E-state index in [-0.39, 0.29) is 23.8 Å². The van der Waals surface area contributed by atoms with Gasteiger partial charge in [0.05, 0.1) is 12.6 Å². The van der Waals surface area contributed by atoms with Crippen molar-refractivity contribution in [3.8, 4) is 11.8 Å². The summed E-state index contributed by atoms with van der Waals surface area (Å²) in [5.74, 6) is 3.96. The number of amides is 3. The highest BCUT2D eigenvalue weighted by molar-refractivity contribution is 5.97. The van der Waals surface area contributed by atoms with E-state index >= 15 is 0 Å². The first kappa shape index (κ1) is 29.0. The van der Waals surface area contributed by atoms with Gasteiger partial charge in [-0.3, -0.25) is 24.5 Å². The van der Waals surface area contributed by atoms with Crippen LogP contribution in [0.3, 0.4) is 0 Å². The molecule has 0 saturated heterocycles. The number of rotatable bonds is 9.